The smallest absolute Gasteiger partial charge is 0.123 e. The van der Waals surface area contributed by atoms with Crippen LogP contribution >= 0.6 is 0 Å². The molecule has 2 rings (SSSR count). The van der Waals surface area contributed by atoms with Gasteiger partial charge in [0.15, 0.2) is 0 Å². The molecule has 1 fully saturated rings. The lowest BCUT2D eigenvalue weighted by Crippen LogP contribution is -2.35. The van der Waals surface area contributed by atoms with Gasteiger partial charge in [0.2, 0.25) is 0 Å². The van der Waals surface area contributed by atoms with Gasteiger partial charge in [-0.2, -0.15) is 0 Å². The lowest BCUT2D eigenvalue weighted by atomic mass is 9.91. The summed E-state index contributed by atoms with van der Waals surface area (Å²) in [6.45, 7) is 1.76. The van der Waals surface area contributed by atoms with Crippen molar-refractivity contribution in [2.24, 2.45) is 5.92 Å². The molecule has 0 bridgehead atoms. The molecular weight excluding hydrogens is 205 g/mol. The van der Waals surface area contributed by atoms with E-state index < -0.39 is 0 Å². The fourth-order valence-corrected chi connectivity index (χ4v) is 2.30. The van der Waals surface area contributed by atoms with E-state index >= 15 is 0 Å². The van der Waals surface area contributed by atoms with Gasteiger partial charge in [-0.1, -0.05) is 12.1 Å². The topological polar surface area (TPSA) is 21.3 Å². The van der Waals surface area contributed by atoms with Gasteiger partial charge in [-0.05, 0) is 36.5 Å². The fraction of sp³-hybridized carbons (Fsp3) is 0.538. The summed E-state index contributed by atoms with van der Waals surface area (Å²) in [7, 11) is 1.73. The monoisotopic (exact) mass is 223 g/mol. The first-order chi connectivity index (χ1) is 7.79. The van der Waals surface area contributed by atoms with Gasteiger partial charge in [-0.3, -0.25) is 0 Å². The van der Waals surface area contributed by atoms with Crippen LogP contribution in [0.5, 0.6) is 0 Å². The molecular formula is C13H18FNO. The van der Waals surface area contributed by atoms with Gasteiger partial charge in [-0.25, -0.2) is 4.39 Å². The second-order valence-corrected chi connectivity index (χ2v) is 4.41. The molecule has 1 N–H and O–H groups in total. The summed E-state index contributed by atoms with van der Waals surface area (Å²) in [6, 6.07) is 7.16. The molecule has 1 aromatic rings. The van der Waals surface area contributed by atoms with Crippen molar-refractivity contribution in [2.75, 3.05) is 20.3 Å². The van der Waals surface area contributed by atoms with Crippen molar-refractivity contribution in [1.82, 2.24) is 5.32 Å². The van der Waals surface area contributed by atoms with Crippen LogP contribution in [0, 0.1) is 11.7 Å². The number of piperidine rings is 1. The number of methoxy groups -OCH3 is 1. The van der Waals surface area contributed by atoms with Gasteiger partial charge in [0, 0.05) is 19.7 Å². The zero-order chi connectivity index (χ0) is 11.4. The van der Waals surface area contributed by atoms with Gasteiger partial charge in [0.05, 0.1) is 6.61 Å². The van der Waals surface area contributed by atoms with Crippen LogP contribution in [0.25, 0.3) is 0 Å². The zero-order valence-corrected chi connectivity index (χ0v) is 9.58. The highest BCUT2D eigenvalue weighted by molar-refractivity contribution is 5.20. The summed E-state index contributed by atoms with van der Waals surface area (Å²) in [4.78, 5) is 0. The Kier molecular flexibility index (Phi) is 3.91. The van der Waals surface area contributed by atoms with Crippen molar-refractivity contribution < 1.29 is 9.13 Å². The van der Waals surface area contributed by atoms with Gasteiger partial charge in [0.1, 0.15) is 5.82 Å². The number of ether oxygens (including phenoxy) is 1. The Morgan fingerprint density at radius 1 is 1.44 bits per heavy atom. The van der Waals surface area contributed by atoms with E-state index in [1.165, 1.54) is 6.07 Å². The molecule has 0 aliphatic carbocycles. The molecule has 1 aliphatic rings. The fourth-order valence-electron chi connectivity index (χ4n) is 2.30. The van der Waals surface area contributed by atoms with E-state index in [1.54, 1.807) is 19.2 Å². The van der Waals surface area contributed by atoms with Crippen LogP contribution in [0.2, 0.25) is 0 Å². The number of hydrogen-bond donors (Lipinski definition) is 1. The molecule has 0 spiro atoms. The maximum Gasteiger partial charge on any atom is 0.123 e. The minimum atomic E-state index is -0.154. The van der Waals surface area contributed by atoms with Crippen LogP contribution in [0.3, 0.4) is 0 Å². The van der Waals surface area contributed by atoms with E-state index in [1.807, 2.05) is 6.07 Å². The summed E-state index contributed by atoms with van der Waals surface area (Å²) in [6.07, 6.45) is 2.19. The maximum atomic E-state index is 13.1. The van der Waals surface area contributed by atoms with Crippen LogP contribution in [0.15, 0.2) is 24.3 Å². The first-order valence-corrected chi connectivity index (χ1v) is 5.77. The summed E-state index contributed by atoms with van der Waals surface area (Å²) >= 11 is 0. The normalized spacial score (nSPS) is 25.6. The second-order valence-electron chi connectivity index (χ2n) is 4.41. The third-order valence-electron chi connectivity index (χ3n) is 3.17. The summed E-state index contributed by atoms with van der Waals surface area (Å²) < 4.78 is 18.2. The van der Waals surface area contributed by atoms with Crippen molar-refractivity contribution in [3.05, 3.63) is 35.6 Å². The highest BCUT2D eigenvalue weighted by Crippen LogP contribution is 2.26. The highest BCUT2D eigenvalue weighted by atomic mass is 19.1. The Labute approximate surface area is 95.8 Å². The van der Waals surface area contributed by atoms with E-state index in [2.05, 4.69) is 5.32 Å². The predicted octanol–water partition coefficient (Wildman–Crippen LogP) is 2.51. The third kappa shape index (κ3) is 2.80. The first kappa shape index (κ1) is 11.6. The molecule has 3 heteroatoms. The standard InChI is InChI=1S/C13H18FNO/c1-16-9-10-5-6-13(15-8-10)11-3-2-4-12(14)7-11/h2-4,7,10,13,15H,5-6,8-9H2,1H3. The summed E-state index contributed by atoms with van der Waals surface area (Å²) in [5.41, 5.74) is 1.05. The van der Waals surface area contributed by atoms with Crippen LogP contribution < -0.4 is 5.32 Å². The largest absolute Gasteiger partial charge is 0.384 e. The molecule has 88 valence electrons. The molecule has 2 nitrogen and oxygen atoms in total. The molecule has 0 radical (unpaired) electrons. The molecule has 16 heavy (non-hydrogen) atoms. The average molecular weight is 223 g/mol. The molecule has 1 aromatic carbocycles. The van der Waals surface area contributed by atoms with Crippen LogP contribution in [0.4, 0.5) is 4.39 Å². The van der Waals surface area contributed by atoms with Crippen molar-refractivity contribution in [3.8, 4) is 0 Å². The van der Waals surface area contributed by atoms with E-state index in [4.69, 9.17) is 4.74 Å². The Hall–Kier alpha value is -0.930. The maximum absolute atomic E-state index is 13.1. The number of rotatable bonds is 3. The minimum Gasteiger partial charge on any atom is -0.384 e. The lowest BCUT2D eigenvalue weighted by Gasteiger charge is -2.29. The van der Waals surface area contributed by atoms with E-state index in [-0.39, 0.29) is 5.82 Å². The Balaban J connectivity index is 1.94. The Bertz CT molecular complexity index is 334. The van der Waals surface area contributed by atoms with Gasteiger partial charge < -0.3 is 10.1 Å². The molecule has 2 unspecified atom stereocenters. The van der Waals surface area contributed by atoms with Gasteiger partial charge >= 0.3 is 0 Å². The molecule has 0 aromatic heterocycles. The van der Waals surface area contributed by atoms with E-state index in [9.17, 15) is 4.39 Å². The zero-order valence-electron chi connectivity index (χ0n) is 9.58. The molecule has 0 saturated carbocycles. The van der Waals surface area contributed by atoms with Crippen LogP contribution in [-0.2, 0) is 4.74 Å². The van der Waals surface area contributed by atoms with E-state index in [0.29, 0.717) is 12.0 Å². The van der Waals surface area contributed by atoms with Crippen molar-refractivity contribution in [1.29, 1.82) is 0 Å². The Morgan fingerprint density at radius 3 is 2.94 bits per heavy atom. The number of halogens is 1. The summed E-state index contributed by atoms with van der Waals surface area (Å²) in [5, 5.41) is 3.45. The number of hydrogen-bond acceptors (Lipinski definition) is 2. The van der Waals surface area contributed by atoms with Crippen molar-refractivity contribution >= 4 is 0 Å². The van der Waals surface area contributed by atoms with Crippen molar-refractivity contribution in [3.63, 3.8) is 0 Å². The SMILES string of the molecule is COCC1CCC(c2cccc(F)c2)NC1. The van der Waals surface area contributed by atoms with Crippen LogP contribution in [0.1, 0.15) is 24.4 Å². The summed E-state index contributed by atoms with van der Waals surface area (Å²) in [5.74, 6) is 0.438. The predicted molar refractivity (Wildman–Crippen MR) is 61.7 cm³/mol. The lowest BCUT2D eigenvalue weighted by molar-refractivity contribution is 0.129. The number of nitrogens with one attached hydrogen (secondary N) is 1. The van der Waals surface area contributed by atoms with Crippen LogP contribution in [-0.4, -0.2) is 20.3 Å². The molecule has 0 amide bonds. The third-order valence-corrected chi connectivity index (χ3v) is 3.17. The average Bonchev–Trinajstić information content (AvgIpc) is 2.30. The second kappa shape index (κ2) is 5.41. The number of benzene rings is 1. The quantitative estimate of drug-likeness (QED) is 0.850. The highest BCUT2D eigenvalue weighted by Gasteiger charge is 2.21. The van der Waals surface area contributed by atoms with E-state index in [0.717, 1.165) is 31.6 Å². The molecule has 1 aliphatic heterocycles. The molecule has 1 heterocycles. The first-order valence-electron chi connectivity index (χ1n) is 5.77. The molecule has 1 saturated heterocycles. The van der Waals surface area contributed by atoms with Gasteiger partial charge in [0.25, 0.3) is 0 Å². The van der Waals surface area contributed by atoms with Crippen molar-refractivity contribution in [2.45, 2.75) is 18.9 Å². The van der Waals surface area contributed by atoms with Gasteiger partial charge in [-0.15, -0.1) is 0 Å². The Morgan fingerprint density at radius 2 is 2.31 bits per heavy atom. The minimum absolute atomic E-state index is 0.154. The molecule has 2 atom stereocenters.